The number of carbonyl (C=O) groups is 2. The van der Waals surface area contributed by atoms with Gasteiger partial charge in [0.15, 0.2) is 5.78 Å². The Labute approximate surface area is 148 Å². The molecule has 1 N–H and O–H groups in total. The van der Waals surface area contributed by atoms with Crippen molar-refractivity contribution < 1.29 is 9.59 Å². The lowest BCUT2D eigenvalue weighted by molar-refractivity contribution is -0.121. The van der Waals surface area contributed by atoms with Crippen LogP contribution in [0, 0.1) is 11.8 Å². The lowest BCUT2D eigenvalue weighted by Gasteiger charge is -2.12. The van der Waals surface area contributed by atoms with E-state index in [0.29, 0.717) is 5.92 Å². The molecule has 0 spiro atoms. The van der Waals surface area contributed by atoms with Crippen LogP contribution >= 0.6 is 0 Å². The summed E-state index contributed by atoms with van der Waals surface area (Å²) in [7, 11) is 2.12. The fourth-order valence-electron chi connectivity index (χ4n) is 3.80. The van der Waals surface area contributed by atoms with Crippen molar-refractivity contribution in [2.45, 2.75) is 25.8 Å². The Morgan fingerprint density at radius 2 is 2.00 bits per heavy atom. The number of fused-ring (bicyclic) bond motifs is 1. The molecule has 25 heavy (non-hydrogen) atoms. The predicted octanol–water partition coefficient (Wildman–Crippen LogP) is 2.30. The van der Waals surface area contributed by atoms with Gasteiger partial charge in [-0.2, -0.15) is 0 Å². The van der Waals surface area contributed by atoms with Gasteiger partial charge in [-0.15, -0.1) is 0 Å². The molecule has 0 unspecified atom stereocenters. The molecule has 2 aromatic rings. The third-order valence-electron chi connectivity index (χ3n) is 5.39. The molecular formula is C20H25N3O2. The van der Waals surface area contributed by atoms with Gasteiger partial charge < -0.3 is 14.8 Å². The first-order chi connectivity index (χ1) is 12.1. The number of hydrogen-bond acceptors (Lipinski definition) is 3. The van der Waals surface area contributed by atoms with Crippen LogP contribution in [-0.2, 0) is 11.3 Å². The molecule has 4 rings (SSSR count). The summed E-state index contributed by atoms with van der Waals surface area (Å²) in [5.74, 6) is 0.972. The van der Waals surface area contributed by atoms with Crippen LogP contribution in [-0.4, -0.2) is 47.8 Å². The number of likely N-dealkylation sites (tertiary alicyclic amines) is 1. The van der Waals surface area contributed by atoms with Crippen LogP contribution in [0.4, 0.5) is 0 Å². The first kappa shape index (κ1) is 16.3. The molecule has 1 aromatic heterocycles. The topological polar surface area (TPSA) is 54.3 Å². The molecular weight excluding hydrogens is 314 g/mol. The van der Waals surface area contributed by atoms with E-state index in [4.69, 9.17) is 0 Å². The van der Waals surface area contributed by atoms with Gasteiger partial charge in [0.1, 0.15) is 6.54 Å². The minimum absolute atomic E-state index is 0.0146. The number of Topliss-reactive ketones (excluding diaryl/α,β-unsaturated/α-hetero) is 1. The summed E-state index contributed by atoms with van der Waals surface area (Å²) in [6.45, 7) is 3.15. The number of rotatable bonds is 6. The van der Waals surface area contributed by atoms with E-state index in [1.807, 2.05) is 35.0 Å². The Kier molecular flexibility index (Phi) is 4.34. The Balaban J connectivity index is 1.47. The highest BCUT2D eigenvalue weighted by molar-refractivity contribution is 6.10. The highest BCUT2D eigenvalue weighted by atomic mass is 16.2. The number of benzene rings is 1. The molecule has 2 fully saturated rings. The van der Waals surface area contributed by atoms with Gasteiger partial charge in [-0.1, -0.05) is 18.2 Å². The predicted molar refractivity (Wildman–Crippen MR) is 97.6 cm³/mol. The highest BCUT2D eigenvalue weighted by Crippen LogP contribution is 2.35. The maximum atomic E-state index is 12.5. The van der Waals surface area contributed by atoms with Gasteiger partial charge >= 0.3 is 0 Å². The van der Waals surface area contributed by atoms with Crippen molar-refractivity contribution in [1.29, 1.82) is 0 Å². The Bertz CT molecular complexity index is 806. The lowest BCUT2D eigenvalue weighted by Crippen LogP contribution is -2.32. The molecule has 1 atom stereocenters. The molecule has 5 heteroatoms. The molecule has 0 radical (unpaired) electrons. The SMILES string of the molecule is CN1CC[C@H](CNC(=O)Cn2cc(C(=O)C3CC3)c3ccccc32)C1. The van der Waals surface area contributed by atoms with Crippen LogP contribution in [0.15, 0.2) is 30.5 Å². The molecule has 2 heterocycles. The fraction of sp³-hybridized carbons (Fsp3) is 0.500. The Morgan fingerprint density at radius 1 is 1.20 bits per heavy atom. The summed E-state index contributed by atoms with van der Waals surface area (Å²) >= 11 is 0. The lowest BCUT2D eigenvalue weighted by atomic mass is 10.1. The summed E-state index contributed by atoms with van der Waals surface area (Å²) in [6.07, 6.45) is 5.00. The van der Waals surface area contributed by atoms with Crippen LogP contribution in [0.3, 0.4) is 0 Å². The van der Waals surface area contributed by atoms with Crippen molar-refractivity contribution >= 4 is 22.6 Å². The van der Waals surface area contributed by atoms with Crippen LogP contribution in [0.25, 0.3) is 10.9 Å². The second-order valence-corrected chi connectivity index (χ2v) is 7.55. The number of nitrogens with zero attached hydrogens (tertiary/aromatic N) is 2. The van der Waals surface area contributed by atoms with Crippen molar-refractivity contribution in [2.75, 3.05) is 26.7 Å². The zero-order valence-corrected chi connectivity index (χ0v) is 14.7. The third kappa shape index (κ3) is 3.47. The monoisotopic (exact) mass is 339 g/mol. The van der Waals surface area contributed by atoms with Crippen molar-refractivity contribution in [3.8, 4) is 0 Å². The van der Waals surface area contributed by atoms with Crippen LogP contribution < -0.4 is 5.32 Å². The Hall–Kier alpha value is -2.14. The van der Waals surface area contributed by atoms with Crippen molar-refractivity contribution in [3.05, 3.63) is 36.0 Å². The zero-order chi connectivity index (χ0) is 17.4. The number of nitrogens with one attached hydrogen (secondary N) is 1. The molecule has 0 bridgehead atoms. The summed E-state index contributed by atoms with van der Waals surface area (Å²) in [5.41, 5.74) is 1.73. The average molecular weight is 339 g/mol. The molecule has 1 saturated carbocycles. The molecule has 2 aliphatic rings. The van der Waals surface area contributed by atoms with Gasteiger partial charge in [-0.25, -0.2) is 0 Å². The molecule has 132 valence electrons. The second-order valence-electron chi connectivity index (χ2n) is 7.55. The smallest absolute Gasteiger partial charge is 0.239 e. The van der Waals surface area contributed by atoms with E-state index in [2.05, 4.69) is 17.3 Å². The van der Waals surface area contributed by atoms with Crippen molar-refractivity contribution in [3.63, 3.8) is 0 Å². The van der Waals surface area contributed by atoms with Gasteiger partial charge in [-0.05, 0) is 44.8 Å². The maximum Gasteiger partial charge on any atom is 0.239 e. The summed E-state index contributed by atoms with van der Waals surface area (Å²) in [6, 6.07) is 7.87. The first-order valence-corrected chi connectivity index (χ1v) is 9.19. The van der Waals surface area contributed by atoms with Crippen molar-refractivity contribution in [2.24, 2.45) is 11.8 Å². The number of hydrogen-bond donors (Lipinski definition) is 1. The van der Waals surface area contributed by atoms with E-state index in [1.165, 1.54) is 0 Å². The number of aromatic nitrogens is 1. The van der Waals surface area contributed by atoms with Gasteiger partial charge in [0, 0.05) is 41.7 Å². The third-order valence-corrected chi connectivity index (χ3v) is 5.39. The number of carbonyl (C=O) groups excluding carboxylic acids is 2. The van der Waals surface area contributed by atoms with Crippen molar-refractivity contribution in [1.82, 2.24) is 14.8 Å². The molecule has 1 saturated heterocycles. The van der Waals surface area contributed by atoms with E-state index in [1.54, 1.807) is 0 Å². The van der Waals surface area contributed by atoms with Gasteiger partial charge in [0.25, 0.3) is 0 Å². The number of ketones is 1. The summed E-state index contributed by atoms with van der Waals surface area (Å²) < 4.78 is 1.92. The average Bonchev–Trinajstić information content (AvgIpc) is 3.29. The molecule has 1 aromatic carbocycles. The number of para-hydroxylation sites is 1. The normalized spacial score (nSPS) is 20.9. The van der Waals surface area contributed by atoms with E-state index in [0.717, 1.165) is 55.4 Å². The molecule has 1 aliphatic heterocycles. The maximum absolute atomic E-state index is 12.5. The van der Waals surface area contributed by atoms with Crippen LogP contribution in [0.2, 0.25) is 0 Å². The van der Waals surface area contributed by atoms with E-state index < -0.39 is 0 Å². The van der Waals surface area contributed by atoms with Gasteiger partial charge in [-0.3, -0.25) is 9.59 Å². The number of amides is 1. The summed E-state index contributed by atoms with van der Waals surface area (Å²) in [5, 5.41) is 4.02. The standard InChI is InChI=1S/C20H25N3O2/c1-22-9-8-14(11-22)10-21-19(24)13-23-12-17(20(25)15-6-7-15)16-4-2-3-5-18(16)23/h2-5,12,14-15H,6-11,13H2,1H3,(H,21,24)/t14-/m1/s1. The van der Waals surface area contributed by atoms with Crippen LogP contribution in [0.5, 0.6) is 0 Å². The molecule has 5 nitrogen and oxygen atoms in total. The Morgan fingerprint density at radius 3 is 2.72 bits per heavy atom. The van der Waals surface area contributed by atoms with Gasteiger partial charge in [0.05, 0.1) is 0 Å². The molecule has 1 aliphatic carbocycles. The second kappa shape index (κ2) is 6.64. The zero-order valence-electron chi connectivity index (χ0n) is 14.7. The first-order valence-electron chi connectivity index (χ1n) is 9.19. The molecule has 1 amide bonds. The van der Waals surface area contributed by atoms with E-state index in [-0.39, 0.29) is 24.2 Å². The quantitative estimate of drug-likeness (QED) is 0.822. The van der Waals surface area contributed by atoms with Crippen LogP contribution in [0.1, 0.15) is 29.6 Å². The summed E-state index contributed by atoms with van der Waals surface area (Å²) in [4.78, 5) is 27.2. The minimum atomic E-state index is 0.0146. The fourth-order valence-corrected chi connectivity index (χ4v) is 3.80. The largest absolute Gasteiger partial charge is 0.354 e. The van der Waals surface area contributed by atoms with Gasteiger partial charge in [0.2, 0.25) is 5.91 Å². The minimum Gasteiger partial charge on any atom is -0.354 e. The highest BCUT2D eigenvalue weighted by Gasteiger charge is 2.32. The van der Waals surface area contributed by atoms with E-state index in [9.17, 15) is 9.59 Å². The van der Waals surface area contributed by atoms with E-state index >= 15 is 0 Å².